The van der Waals surface area contributed by atoms with E-state index in [1.165, 1.54) is 0 Å². The van der Waals surface area contributed by atoms with Gasteiger partial charge in [0.15, 0.2) is 6.29 Å². The summed E-state index contributed by atoms with van der Waals surface area (Å²) in [5.41, 5.74) is 1.01. The van der Waals surface area contributed by atoms with E-state index in [1.54, 1.807) is 4.80 Å². The van der Waals surface area contributed by atoms with E-state index < -0.39 is 0 Å². The standard InChI is InChI=1S/C9H7N3O2/c13-4-5-14-8-3-1-2-7(6-8)11-9-10-12(9)11/h1-4,6H,5H2. The van der Waals surface area contributed by atoms with Gasteiger partial charge in [-0.1, -0.05) is 6.07 Å². The van der Waals surface area contributed by atoms with Gasteiger partial charge >= 0.3 is 0 Å². The first kappa shape index (κ1) is 7.37. The van der Waals surface area contributed by atoms with Crippen LogP contribution in [0.4, 0.5) is 0 Å². The highest BCUT2D eigenvalue weighted by Crippen LogP contribution is 2.30. The summed E-state index contributed by atoms with van der Waals surface area (Å²) >= 11 is 0. The summed E-state index contributed by atoms with van der Waals surface area (Å²) in [4.78, 5) is 11.9. The first-order valence-electron chi connectivity index (χ1n) is 4.25. The summed E-state index contributed by atoms with van der Waals surface area (Å²) in [6, 6.07) is 7.54. The molecule has 0 spiro atoms. The van der Waals surface area contributed by atoms with Crippen LogP contribution in [0.3, 0.4) is 0 Å². The fraction of sp³-hybridized carbons (Fsp3) is 0.111. The molecule has 5 heteroatoms. The van der Waals surface area contributed by atoms with Crippen LogP contribution in [0.5, 0.6) is 5.75 Å². The minimum absolute atomic E-state index is 0.0914. The molecule has 0 saturated carbocycles. The number of ether oxygens (including phenoxy) is 1. The Hall–Kier alpha value is -2.04. The summed E-state index contributed by atoms with van der Waals surface area (Å²) in [6.07, 6.45) is 0.731. The first-order chi connectivity index (χ1) is 6.90. The lowest BCUT2D eigenvalue weighted by molar-refractivity contribution is -0.109. The van der Waals surface area contributed by atoms with Crippen LogP contribution in [0.1, 0.15) is 0 Å². The van der Waals surface area contributed by atoms with E-state index in [1.807, 2.05) is 28.9 Å². The Balaban J connectivity index is 1.84. The van der Waals surface area contributed by atoms with Gasteiger partial charge in [-0.2, -0.15) is 4.68 Å². The molecule has 3 rings (SSSR count). The van der Waals surface area contributed by atoms with Gasteiger partial charge < -0.3 is 4.74 Å². The zero-order valence-corrected chi connectivity index (χ0v) is 7.25. The number of carbonyl (C=O) groups excluding carboxylic acids is 1. The minimum Gasteiger partial charge on any atom is -0.486 e. The molecule has 70 valence electrons. The molecular formula is C9H7N3O2. The monoisotopic (exact) mass is 189 g/mol. The van der Waals surface area contributed by atoms with E-state index in [0.717, 1.165) is 17.9 Å². The summed E-state index contributed by atoms with van der Waals surface area (Å²) < 4.78 is 7.12. The Bertz CT molecular complexity index is 483. The molecule has 0 aliphatic carbocycles. The SMILES string of the molecule is O=CCOc1cccc(-n2c3nn2-3)c1. The molecule has 0 amide bonds. The van der Waals surface area contributed by atoms with Gasteiger partial charge in [-0.05, 0) is 12.1 Å². The second-order valence-electron chi connectivity index (χ2n) is 2.98. The van der Waals surface area contributed by atoms with Gasteiger partial charge in [-0.25, -0.2) is 0 Å². The molecule has 0 atom stereocenters. The number of hydrogen-bond donors (Lipinski definition) is 0. The normalized spacial score (nSPS) is 11.4. The van der Waals surface area contributed by atoms with E-state index in [4.69, 9.17) is 4.74 Å². The molecule has 0 saturated heterocycles. The van der Waals surface area contributed by atoms with Crippen LogP contribution >= 0.6 is 0 Å². The van der Waals surface area contributed by atoms with E-state index in [9.17, 15) is 4.79 Å². The van der Waals surface area contributed by atoms with Crippen molar-refractivity contribution in [2.75, 3.05) is 6.61 Å². The lowest BCUT2D eigenvalue weighted by Gasteiger charge is -2.02. The predicted molar refractivity (Wildman–Crippen MR) is 48.0 cm³/mol. The summed E-state index contributed by atoms with van der Waals surface area (Å²) in [7, 11) is 0. The smallest absolute Gasteiger partial charge is 0.288 e. The van der Waals surface area contributed by atoms with Crippen LogP contribution in [0, 0.1) is 0 Å². The zero-order valence-electron chi connectivity index (χ0n) is 7.25. The second kappa shape index (κ2) is 2.47. The Kier molecular flexibility index (Phi) is 1.30. The van der Waals surface area contributed by atoms with Crippen molar-refractivity contribution in [1.82, 2.24) is 14.6 Å². The number of aromatic nitrogens is 3. The third-order valence-corrected chi connectivity index (χ3v) is 2.04. The maximum absolute atomic E-state index is 10.1. The quantitative estimate of drug-likeness (QED) is 0.563. The highest BCUT2D eigenvalue weighted by Gasteiger charge is 2.35. The average Bonchev–Trinajstić information content (AvgIpc) is 3.04. The zero-order chi connectivity index (χ0) is 9.54. The third kappa shape index (κ3) is 1.02. The highest BCUT2D eigenvalue weighted by atomic mass is 16.5. The number of rotatable bonds is 4. The van der Waals surface area contributed by atoms with Gasteiger partial charge in [0.25, 0.3) is 5.95 Å². The van der Waals surface area contributed by atoms with E-state index in [-0.39, 0.29) is 6.61 Å². The van der Waals surface area contributed by atoms with Gasteiger partial charge in [-0.3, -0.25) is 4.79 Å². The van der Waals surface area contributed by atoms with Crippen molar-refractivity contribution in [3.8, 4) is 17.4 Å². The maximum atomic E-state index is 10.1. The molecule has 0 aromatic heterocycles. The number of fused-ring (bicyclic) bond motifs is 1. The summed E-state index contributed by atoms with van der Waals surface area (Å²) in [5.74, 6) is 1.68. The molecule has 1 aromatic rings. The maximum Gasteiger partial charge on any atom is 0.288 e. The summed E-state index contributed by atoms with van der Waals surface area (Å²) in [5, 5.41) is 3.93. The highest BCUT2D eigenvalue weighted by molar-refractivity contribution is 5.52. The van der Waals surface area contributed by atoms with Crippen molar-refractivity contribution in [3.63, 3.8) is 0 Å². The molecule has 0 bridgehead atoms. The van der Waals surface area contributed by atoms with E-state index in [0.29, 0.717) is 5.75 Å². The Labute approximate surface area is 79.5 Å². The van der Waals surface area contributed by atoms with Crippen molar-refractivity contribution in [1.29, 1.82) is 0 Å². The van der Waals surface area contributed by atoms with Gasteiger partial charge in [0.1, 0.15) is 12.4 Å². The topological polar surface area (TPSA) is 49.1 Å². The summed E-state index contributed by atoms with van der Waals surface area (Å²) in [6.45, 7) is 0.0914. The fourth-order valence-corrected chi connectivity index (χ4v) is 1.30. The number of carbonyl (C=O) groups is 1. The third-order valence-electron chi connectivity index (χ3n) is 2.04. The Morgan fingerprint density at radius 1 is 1.50 bits per heavy atom. The molecule has 0 unspecified atom stereocenters. The lowest BCUT2D eigenvalue weighted by Crippen LogP contribution is -1.98. The van der Waals surface area contributed by atoms with Gasteiger partial charge in [0.05, 0.1) is 5.69 Å². The fourth-order valence-electron chi connectivity index (χ4n) is 1.30. The largest absolute Gasteiger partial charge is 0.486 e. The van der Waals surface area contributed by atoms with Gasteiger partial charge in [0, 0.05) is 6.07 Å². The van der Waals surface area contributed by atoms with Gasteiger partial charge in [0.2, 0.25) is 0 Å². The van der Waals surface area contributed by atoms with Crippen LogP contribution in [-0.4, -0.2) is 27.5 Å². The van der Waals surface area contributed by atoms with Crippen molar-refractivity contribution in [2.24, 2.45) is 0 Å². The van der Waals surface area contributed by atoms with Crippen LogP contribution in [0.15, 0.2) is 24.3 Å². The van der Waals surface area contributed by atoms with Crippen molar-refractivity contribution in [3.05, 3.63) is 24.3 Å². The van der Waals surface area contributed by atoms with Crippen molar-refractivity contribution >= 4 is 6.29 Å². The number of aldehydes is 1. The molecule has 5 nitrogen and oxygen atoms in total. The predicted octanol–water partition coefficient (Wildman–Crippen LogP) is 0.554. The average molecular weight is 189 g/mol. The van der Waals surface area contributed by atoms with Gasteiger partial charge in [-0.15, -0.1) is 9.90 Å². The molecule has 0 fully saturated rings. The van der Waals surface area contributed by atoms with E-state index >= 15 is 0 Å². The molecule has 0 radical (unpaired) electrons. The Morgan fingerprint density at radius 2 is 2.36 bits per heavy atom. The molecule has 2 aliphatic heterocycles. The molecule has 0 N–H and O–H groups in total. The number of nitrogens with zero attached hydrogens (tertiary/aromatic N) is 3. The van der Waals surface area contributed by atoms with E-state index in [2.05, 4.69) is 5.10 Å². The Morgan fingerprint density at radius 3 is 3.00 bits per heavy atom. The molecular weight excluding hydrogens is 182 g/mol. The van der Waals surface area contributed by atoms with Crippen LogP contribution < -0.4 is 4.74 Å². The minimum atomic E-state index is 0.0914. The first-order valence-corrected chi connectivity index (χ1v) is 4.25. The molecule has 1 aromatic carbocycles. The van der Waals surface area contributed by atoms with Crippen molar-refractivity contribution in [2.45, 2.75) is 0 Å². The molecule has 14 heavy (non-hydrogen) atoms. The van der Waals surface area contributed by atoms with Crippen molar-refractivity contribution < 1.29 is 9.53 Å². The lowest BCUT2D eigenvalue weighted by atomic mass is 10.3. The van der Waals surface area contributed by atoms with Crippen LogP contribution in [-0.2, 0) is 4.79 Å². The van der Waals surface area contributed by atoms with Crippen LogP contribution in [0.2, 0.25) is 0 Å². The second-order valence-corrected chi connectivity index (χ2v) is 2.98. The number of benzene rings is 1. The van der Waals surface area contributed by atoms with Crippen LogP contribution in [0.25, 0.3) is 11.6 Å². The molecule has 2 heterocycles. The molecule has 2 aliphatic rings. The number of hydrogen-bond acceptors (Lipinski definition) is 3.